The predicted molar refractivity (Wildman–Crippen MR) is 93.1 cm³/mol. The highest BCUT2D eigenvalue weighted by Crippen LogP contribution is 2.24. The molecule has 0 saturated heterocycles. The van der Waals surface area contributed by atoms with Gasteiger partial charge in [0, 0.05) is 11.1 Å². The van der Waals surface area contributed by atoms with E-state index >= 15 is 0 Å². The van der Waals surface area contributed by atoms with Crippen molar-refractivity contribution in [3.63, 3.8) is 0 Å². The molecule has 0 saturated carbocycles. The third kappa shape index (κ3) is 3.82. The smallest absolute Gasteiger partial charge is 0.223 e. The first-order valence-corrected chi connectivity index (χ1v) is 7.91. The van der Waals surface area contributed by atoms with Gasteiger partial charge < -0.3 is 9.47 Å². The molecule has 0 radical (unpaired) electrons. The summed E-state index contributed by atoms with van der Waals surface area (Å²) in [6.07, 6.45) is 12.5. The molecule has 0 unspecified atom stereocenters. The van der Waals surface area contributed by atoms with E-state index in [4.69, 9.17) is 9.47 Å². The third-order valence-corrected chi connectivity index (χ3v) is 3.84. The van der Waals surface area contributed by atoms with Gasteiger partial charge in [0.2, 0.25) is 11.6 Å². The summed E-state index contributed by atoms with van der Waals surface area (Å²) in [7, 11) is 2.99. The van der Waals surface area contributed by atoms with Gasteiger partial charge in [0.15, 0.2) is 11.5 Å². The van der Waals surface area contributed by atoms with Gasteiger partial charge in [0.05, 0.1) is 14.2 Å². The van der Waals surface area contributed by atoms with Crippen molar-refractivity contribution < 1.29 is 19.1 Å². The largest absolute Gasteiger partial charge is 0.493 e. The zero-order valence-corrected chi connectivity index (χ0v) is 14.5. The Labute approximate surface area is 142 Å². The fraction of sp³-hybridized carbons (Fsp3) is 0.300. The average Bonchev–Trinajstić information content (AvgIpc) is 2.58. The first-order chi connectivity index (χ1) is 11.5. The van der Waals surface area contributed by atoms with Crippen molar-refractivity contribution in [3.8, 4) is 0 Å². The zero-order chi connectivity index (χ0) is 17.7. The Kier molecular flexibility index (Phi) is 5.74. The highest BCUT2D eigenvalue weighted by Gasteiger charge is 2.20. The van der Waals surface area contributed by atoms with Crippen LogP contribution in [0.1, 0.15) is 26.7 Å². The van der Waals surface area contributed by atoms with Crippen molar-refractivity contribution in [2.75, 3.05) is 14.2 Å². The second kappa shape index (κ2) is 7.77. The topological polar surface area (TPSA) is 52.6 Å². The number of hydrogen-bond acceptors (Lipinski definition) is 4. The molecule has 126 valence electrons. The SMILES string of the molecule is CCCC1=CC(=CC=C2C=C(C)C(=O)C(OC)=C2)C=C(OC)C1=O. The molecule has 0 aliphatic heterocycles. The van der Waals surface area contributed by atoms with Crippen LogP contribution in [0.2, 0.25) is 0 Å². The number of hydrogen-bond donors (Lipinski definition) is 0. The lowest BCUT2D eigenvalue weighted by molar-refractivity contribution is -0.115. The van der Waals surface area contributed by atoms with Crippen LogP contribution in [0.3, 0.4) is 0 Å². The van der Waals surface area contributed by atoms with Crippen LogP contribution in [0.15, 0.2) is 70.3 Å². The van der Waals surface area contributed by atoms with E-state index in [0.717, 1.165) is 23.1 Å². The third-order valence-electron chi connectivity index (χ3n) is 3.84. The predicted octanol–water partition coefficient (Wildman–Crippen LogP) is 3.74. The lowest BCUT2D eigenvalue weighted by Gasteiger charge is -2.14. The molecule has 0 aromatic heterocycles. The van der Waals surface area contributed by atoms with Gasteiger partial charge in [-0.05, 0) is 48.8 Å². The molecule has 0 atom stereocenters. The molecule has 24 heavy (non-hydrogen) atoms. The number of ketones is 2. The molecule has 4 nitrogen and oxygen atoms in total. The number of ether oxygens (including phenoxy) is 2. The van der Waals surface area contributed by atoms with E-state index in [1.54, 1.807) is 19.1 Å². The maximum Gasteiger partial charge on any atom is 0.223 e. The Morgan fingerprint density at radius 3 is 1.96 bits per heavy atom. The fourth-order valence-electron chi connectivity index (χ4n) is 2.60. The molecule has 2 rings (SSSR count). The number of methoxy groups -OCH3 is 2. The highest BCUT2D eigenvalue weighted by atomic mass is 16.5. The minimum Gasteiger partial charge on any atom is -0.493 e. The molecule has 2 aliphatic rings. The first-order valence-electron chi connectivity index (χ1n) is 7.91. The van der Waals surface area contributed by atoms with Crippen molar-refractivity contribution in [1.29, 1.82) is 0 Å². The quantitative estimate of drug-likeness (QED) is 0.772. The van der Waals surface area contributed by atoms with E-state index in [1.807, 2.05) is 31.2 Å². The summed E-state index contributed by atoms with van der Waals surface area (Å²) in [6, 6.07) is 0. The van der Waals surface area contributed by atoms with Crippen LogP contribution >= 0.6 is 0 Å². The number of carbonyl (C=O) groups is 2. The standard InChI is InChI=1S/C20H22O4/c1-5-6-16-10-15(12-18(24-4)20(16)22)8-7-14-9-13(2)19(21)17(11-14)23-3/h7-12H,5-6H2,1-4H3. The summed E-state index contributed by atoms with van der Waals surface area (Å²) in [6.45, 7) is 3.80. The Hall–Kier alpha value is -2.62. The van der Waals surface area contributed by atoms with Crippen molar-refractivity contribution in [2.24, 2.45) is 0 Å². The van der Waals surface area contributed by atoms with Crippen LogP contribution < -0.4 is 0 Å². The van der Waals surface area contributed by atoms with Crippen molar-refractivity contribution in [3.05, 3.63) is 70.3 Å². The Balaban J connectivity index is 2.36. The molecule has 2 aliphatic carbocycles. The highest BCUT2D eigenvalue weighted by molar-refractivity contribution is 6.09. The van der Waals surface area contributed by atoms with Gasteiger partial charge in [-0.25, -0.2) is 0 Å². The number of allylic oxidation sites excluding steroid dienone is 10. The number of Topliss-reactive ketones (excluding diaryl/α,β-unsaturated/α-hetero) is 2. The van der Waals surface area contributed by atoms with Crippen molar-refractivity contribution in [2.45, 2.75) is 26.7 Å². The molecule has 0 heterocycles. The van der Waals surface area contributed by atoms with E-state index in [1.165, 1.54) is 14.2 Å². The van der Waals surface area contributed by atoms with Crippen LogP contribution in [-0.4, -0.2) is 25.8 Å². The van der Waals surface area contributed by atoms with Crippen LogP contribution in [0.5, 0.6) is 0 Å². The maximum absolute atomic E-state index is 12.2. The lowest BCUT2D eigenvalue weighted by Crippen LogP contribution is -2.12. The summed E-state index contributed by atoms with van der Waals surface area (Å²) in [4.78, 5) is 24.0. The summed E-state index contributed by atoms with van der Waals surface area (Å²) in [5.41, 5.74) is 3.14. The molecular formula is C20H22O4. The molecule has 0 fully saturated rings. The Bertz CT molecular complexity index is 740. The summed E-state index contributed by atoms with van der Waals surface area (Å²) >= 11 is 0. The van der Waals surface area contributed by atoms with Crippen molar-refractivity contribution >= 4 is 11.6 Å². The van der Waals surface area contributed by atoms with Gasteiger partial charge in [0.1, 0.15) is 0 Å². The van der Waals surface area contributed by atoms with E-state index < -0.39 is 0 Å². The monoisotopic (exact) mass is 326 g/mol. The van der Waals surface area contributed by atoms with Crippen LogP contribution in [-0.2, 0) is 19.1 Å². The lowest BCUT2D eigenvalue weighted by atomic mass is 9.94. The fourth-order valence-corrected chi connectivity index (χ4v) is 2.60. The Morgan fingerprint density at radius 1 is 0.875 bits per heavy atom. The van der Waals surface area contributed by atoms with Gasteiger partial charge in [-0.1, -0.05) is 25.5 Å². The normalized spacial score (nSPS) is 21.3. The summed E-state index contributed by atoms with van der Waals surface area (Å²) < 4.78 is 10.3. The number of carbonyl (C=O) groups excluding carboxylic acids is 2. The molecule has 0 aromatic carbocycles. The van der Waals surface area contributed by atoms with Gasteiger partial charge in [-0.15, -0.1) is 0 Å². The van der Waals surface area contributed by atoms with Crippen molar-refractivity contribution in [1.82, 2.24) is 0 Å². The van der Waals surface area contributed by atoms with Gasteiger partial charge >= 0.3 is 0 Å². The minimum atomic E-state index is -0.0998. The zero-order valence-electron chi connectivity index (χ0n) is 14.5. The average molecular weight is 326 g/mol. The van der Waals surface area contributed by atoms with Gasteiger partial charge in [-0.3, -0.25) is 9.59 Å². The molecule has 4 heteroatoms. The van der Waals surface area contributed by atoms with Gasteiger partial charge in [0.25, 0.3) is 0 Å². The van der Waals surface area contributed by atoms with E-state index in [-0.39, 0.29) is 11.6 Å². The first kappa shape index (κ1) is 17.7. The molecule has 0 bridgehead atoms. The van der Waals surface area contributed by atoms with Gasteiger partial charge in [-0.2, -0.15) is 0 Å². The second-order valence-corrected chi connectivity index (χ2v) is 5.66. The second-order valence-electron chi connectivity index (χ2n) is 5.66. The van der Waals surface area contributed by atoms with Crippen LogP contribution in [0, 0.1) is 0 Å². The summed E-state index contributed by atoms with van der Waals surface area (Å²) in [5, 5.41) is 0. The number of rotatable bonds is 5. The Morgan fingerprint density at radius 2 is 1.42 bits per heavy atom. The molecule has 0 amide bonds. The minimum absolute atomic E-state index is 0.0512. The van der Waals surface area contributed by atoms with Crippen LogP contribution in [0.25, 0.3) is 0 Å². The molecule has 0 aromatic rings. The molecule has 0 N–H and O–H groups in total. The summed E-state index contributed by atoms with van der Waals surface area (Å²) in [5.74, 6) is 0.528. The van der Waals surface area contributed by atoms with Crippen LogP contribution in [0.4, 0.5) is 0 Å². The van der Waals surface area contributed by atoms with E-state index in [9.17, 15) is 9.59 Å². The molecule has 0 spiro atoms. The van der Waals surface area contributed by atoms with E-state index in [2.05, 4.69) is 0 Å². The van der Waals surface area contributed by atoms with E-state index in [0.29, 0.717) is 23.5 Å². The maximum atomic E-state index is 12.2. The molecular weight excluding hydrogens is 304 g/mol.